The van der Waals surface area contributed by atoms with E-state index in [4.69, 9.17) is 0 Å². The first-order chi connectivity index (χ1) is 8.97. The third kappa shape index (κ3) is 4.01. The molecule has 2 atom stereocenters. The van der Waals surface area contributed by atoms with Crippen LogP contribution in [-0.4, -0.2) is 61.1 Å². The molecule has 0 amide bonds. The molecule has 6 heteroatoms. The molecule has 1 aromatic rings. The van der Waals surface area contributed by atoms with Crippen molar-refractivity contribution in [2.45, 2.75) is 23.5 Å². The Bertz CT molecular complexity index is 493. The summed E-state index contributed by atoms with van der Waals surface area (Å²) in [4.78, 5) is 2.10. The number of rotatable bonds is 4. The summed E-state index contributed by atoms with van der Waals surface area (Å²) in [5.74, 6) is -0.00352. The van der Waals surface area contributed by atoms with Gasteiger partial charge in [-0.1, -0.05) is 18.2 Å². The van der Waals surface area contributed by atoms with Crippen LogP contribution in [0.2, 0.25) is 0 Å². The van der Waals surface area contributed by atoms with Crippen molar-refractivity contribution in [3.63, 3.8) is 0 Å². The molecule has 1 saturated heterocycles. The van der Waals surface area contributed by atoms with Crippen LogP contribution in [0.15, 0.2) is 35.2 Å². The number of hydrogen-bond donors (Lipinski definition) is 2. The molecule has 0 saturated carbocycles. The average molecular weight is 285 g/mol. The Hall–Kier alpha value is -0.950. The number of aliphatic hydroxyl groups excluding tert-OH is 2. The molecule has 106 valence electrons. The van der Waals surface area contributed by atoms with E-state index in [0.717, 1.165) is 0 Å². The lowest BCUT2D eigenvalue weighted by Crippen LogP contribution is -2.47. The van der Waals surface area contributed by atoms with Crippen molar-refractivity contribution in [1.82, 2.24) is 4.90 Å². The number of aliphatic hydroxyl groups is 2. The van der Waals surface area contributed by atoms with Gasteiger partial charge in [0.2, 0.25) is 0 Å². The first kappa shape index (κ1) is 14.5. The zero-order valence-corrected chi connectivity index (χ0v) is 11.5. The molecule has 0 bridgehead atoms. The van der Waals surface area contributed by atoms with Gasteiger partial charge in [-0.25, -0.2) is 8.42 Å². The van der Waals surface area contributed by atoms with Gasteiger partial charge in [0.1, 0.15) is 0 Å². The van der Waals surface area contributed by atoms with E-state index in [2.05, 4.69) is 0 Å². The van der Waals surface area contributed by atoms with E-state index in [1.165, 1.54) is 0 Å². The largest absolute Gasteiger partial charge is 0.392 e. The van der Waals surface area contributed by atoms with E-state index >= 15 is 0 Å². The van der Waals surface area contributed by atoms with E-state index in [1.807, 2.05) is 0 Å². The number of β-amino-alcohol motifs (C(OH)–C–C–N with tert-alkyl or cyclic N) is 2. The van der Waals surface area contributed by atoms with Gasteiger partial charge in [0.15, 0.2) is 9.84 Å². The number of piperidine rings is 1. The molecule has 0 spiro atoms. The first-order valence-corrected chi connectivity index (χ1v) is 7.99. The van der Waals surface area contributed by atoms with Gasteiger partial charge in [-0.3, -0.25) is 4.90 Å². The highest BCUT2D eigenvalue weighted by Crippen LogP contribution is 2.13. The van der Waals surface area contributed by atoms with Gasteiger partial charge in [0.25, 0.3) is 0 Å². The van der Waals surface area contributed by atoms with Crippen molar-refractivity contribution in [1.29, 1.82) is 0 Å². The van der Waals surface area contributed by atoms with E-state index in [-0.39, 0.29) is 5.75 Å². The van der Waals surface area contributed by atoms with Crippen molar-refractivity contribution in [2.75, 3.05) is 25.4 Å². The molecule has 0 aliphatic carbocycles. The summed E-state index contributed by atoms with van der Waals surface area (Å²) in [5, 5.41) is 19.1. The third-order valence-corrected chi connectivity index (χ3v) is 4.97. The van der Waals surface area contributed by atoms with Gasteiger partial charge in [-0.2, -0.15) is 0 Å². The molecule has 1 heterocycles. The minimum atomic E-state index is -3.30. The van der Waals surface area contributed by atoms with E-state index in [0.29, 0.717) is 31.0 Å². The Labute approximate surface area is 113 Å². The second kappa shape index (κ2) is 6.00. The van der Waals surface area contributed by atoms with Crippen LogP contribution in [0.3, 0.4) is 0 Å². The lowest BCUT2D eigenvalue weighted by Gasteiger charge is -2.33. The van der Waals surface area contributed by atoms with Crippen LogP contribution in [0.4, 0.5) is 0 Å². The molecule has 1 fully saturated rings. The molecule has 19 heavy (non-hydrogen) atoms. The van der Waals surface area contributed by atoms with Gasteiger partial charge >= 0.3 is 0 Å². The lowest BCUT2D eigenvalue weighted by molar-refractivity contribution is -0.00563. The van der Waals surface area contributed by atoms with Crippen molar-refractivity contribution >= 4 is 9.84 Å². The predicted molar refractivity (Wildman–Crippen MR) is 71.6 cm³/mol. The van der Waals surface area contributed by atoms with Crippen molar-refractivity contribution < 1.29 is 18.6 Å². The summed E-state index contributed by atoms with van der Waals surface area (Å²) in [6, 6.07) is 8.32. The average Bonchev–Trinajstić information content (AvgIpc) is 2.37. The van der Waals surface area contributed by atoms with Gasteiger partial charge in [-0.05, 0) is 12.1 Å². The van der Waals surface area contributed by atoms with E-state index in [9.17, 15) is 18.6 Å². The Morgan fingerprint density at radius 2 is 1.68 bits per heavy atom. The molecule has 1 aromatic carbocycles. The maximum Gasteiger partial charge on any atom is 0.179 e. The fraction of sp³-hybridized carbons (Fsp3) is 0.538. The Morgan fingerprint density at radius 1 is 1.11 bits per heavy atom. The van der Waals surface area contributed by atoms with Gasteiger partial charge in [0.05, 0.1) is 22.9 Å². The monoisotopic (exact) mass is 285 g/mol. The molecule has 0 unspecified atom stereocenters. The van der Waals surface area contributed by atoms with Crippen LogP contribution in [0, 0.1) is 0 Å². The zero-order chi connectivity index (χ0) is 13.9. The number of nitrogens with zero attached hydrogens (tertiary/aromatic N) is 1. The van der Waals surface area contributed by atoms with Crippen LogP contribution < -0.4 is 0 Å². The summed E-state index contributed by atoms with van der Waals surface area (Å²) >= 11 is 0. The van der Waals surface area contributed by atoms with E-state index in [1.54, 1.807) is 35.2 Å². The fourth-order valence-electron chi connectivity index (χ4n) is 2.31. The third-order valence-electron chi connectivity index (χ3n) is 3.26. The van der Waals surface area contributed by atoms with Crippen molar-refractivity contribution in [2.24, 2.45) is 0 Å². The topological polar surface area (TPSA) is 77.8 Å². The Kier molecular flexibility index (Phi) is 4.57. The number of benzene rings is 1. The van der Waals surface area contributed by atoms with Gasteiger partial charge in [0, 0.05) is 26.1 Å². The highest BCUT2D eigenvalue weighted by Gasteiger charge is 2.25. The summed E-state index contributed by atoms with van der Waals surface area (Å²) in [6.45, 7) is 1.16. The zero-order valence-electron chi connectivity index (χ0n) is 10.6. The minimum Gasteiger partial charge on any atom is -0.392 e. The summed E-state index contributed by atoms with van der Waals surface area (Å²) < 4.78 is 24.2. The van der Waals surface area contributed by atoms with E-state index < -0.39 is 22.0 Å². The summed E-state index contributed by atoms with van der Waals surface area (Å²) in [5.41, 5.74) is 0. The van der Waals surface area contributed by atoms with Gasteiger partial charge in [-0.15, -0.1) is 0 Å². The number of sulfone groups is 1. The fourth-order valence-corrected chi connectivity index (χ4v) is 3.62. The molecule has 1 aliphatic rings. The molecular weight excluding hydrogens is 266 g/mol. The molecular formula is C13H19NO4S. The van der Waals surface area contributed by atoms with Crippen LogP contribution >= 0.6 is 0 Å². The Balaban J connectivity index is 1.95. The number of likely N-dealkylation sites (tertiary alicyclic amines) is 1. The van der Waals surface area contributed by atoms with Crippen molar-refractivity contribution in [3.8, 4) is 0 Å². The quantitative estimate of drug-likeness (QED) is 0.807. The molecule has 1 aliphatic heterocycles. The highest BCUT2D eigenvalue weighted by molar-refractivity contribution is 7.91. The first-order valence-electron chi connectivity index (χ1n) is 6.33. The van der Waals surface area contributed by atoms with Crippen LogP contribution in [0.1, 0.15) is 6.42 Å². The minimum absolute atomic E-state index is 0.00352. The molecule has 2 rings (SSSR count). The summed E-state index contributed by atoms with van der Waals surface area (Å²) in [6.07, 6.45) is -0.798. The number of hydrogen-bond acceptors (Lipinski definition) is 5. The molecule has 5 nitrogen and oxygen atoms in total. The Morgan fingerprint density at radius 3 is 2.26 bits per heavy atom. The van der Waals surface area contributed by atoms with Crippen LogP contribution in [0.25, 0.3) is 0 Å². The second-order valence-corrected chi connectivity index (χ2v) is 7.04. The lowest BCUT2D eigenvalue weighted by atomic mass is 10.1. The molecule has 2 N–H and O–H groups in total. The molecule has 0 radical (unpaired) electrons. The maximum absolute atomic E-state index is 12.1. The smallest absolute Gasteiger partial charge is 0.179 e. The summed E-state index contributed by atoms with van der Waals surface area (Å²) in [7, 11) is -3.30. The second-order valence-electron chi connectivity index (χ2n) is 4.93. The molecule has 0 aromatic heterocycles. The maximum atomic E-state index is 12.1. The predicted octanol–water partition coefficient (Wildman–Crippen LogP) is -0.112. The van der Waals surface area contributed by atoms with Crippen LogP contribution in [0.5, 0.6) is 0 Å². The van der Waals surface area contributed by atoms with Gasteiger partial charge < -0.3 is 10.2 Å². The highest BCUT2D eigenvalue weighted by atomic mass is 32.2. The SMILES string of the molecule is O=S(=O)(CCN1C[C@H](O)C[C@@H](O)C1)c1ccccc1. The van der Waals surface area contributed by atoms with Crippen molar-refractivity contribution in [3.05, 3.63) is 30.3 Å². The normalized spacial score (nSPS) is 25.4. The standard InChI is InChI=1S/C13H19NO4S/c15-11-8-12(16)10-14(9-11)6-7-19(17,18)13-4-2-1-3-5-13/h1-5,11-12,15-16H,6-10H2/t11-,12-/m1/s1. The van der Waals surface area contributed by atoms with Crippen LogP contribution in [-0.2, 0) is 9.84 Å².